The Kier molecular flexibility index (Phi) is 5.08. The molecule has 1 fully saturated rings. The molecule has 23 heavy (non-hydrogen) atoms. The average Bonchev–Trinajstić information content (AvgIpc) is 3.22. The Hall–Kier alpha value is -2.14. The second-order valence-corrected chi connectivity index (χ2v) is 6.78. The van der Waals surface area contributed by atoms with Crippen molar-refractivity contribution >= 4 is 23.2 Å². The zero-order valence-electron chi connectivity index (χ0n) is 12.9. The van der Waals surface area contributed by atoms with Gasteiger partial charge in [0, 0.05) is 32.0 Å². The van der Waals surface area contributed by atoms with Gasteiger partial charge >= 0.3 is 0 Å². The lowest BCUT2D eigenvalue weighted by molar-refractivity contribution is -0.127. The van der Waals surface area contributed by atoms with Crippen LogP contribution in [-0.2, 0) is 11.2 Å². The summed E-state index contributed by atoms with van der Waals surface area (Å²) in [6.07, 6.45) is 1.40. The first kappa shape index (κ1) is 15.7. The van der Waals surface area contributed by atoms with Crippen molar-refractivity contribution in [2.75, 3.05) is 19.6 Å². The van der Waals surface area contributed by atoms with E-state index in [0.29, 0.717) is 13.0 Å². The fourth-order valence-corrected chi connectivity index (χ4v) is 3.49. The van der Waals surface area contributed by atoms with E-state index >= 15 is 0 Å². The van der Waals surface area contributed by atoms with Gasteiger partial charge in [-0.05, 0) is 23.4 Å². The quantitative estimate of drug-likeness (QED) is 0.886. The number of nitrogens with one attached hydrogen (secondary N) is 1. The number of benzene rings is 1. The molecule has 5 heteroatoms. The van der Waals surface area contributed by atoms with Crippen LogP contribution in [0.15, 0.2) is 47.8 Å². The van der Waals surface area contributed by atoms with Crippen LogP contribution in [0.25, 0.3) is 0 Å². The number of rotatable bonds is 6. The highest BCUT2D eigenvalue weighted by Gasteiger charge is 2.29. The highest BCUT2D eigenvalue weighted by atomic mass is 32.1. The molecule has 0 saturated carbocycles. The number of nitrogens with zero attached hydrogens (tertiary/aromatic N) is 1. The molecule has 1 aliphatic heterocycles. The van der Waals surface area contributed by atoms with Crippen molar-refractivity contribution in [2.24, 2.45) is 5.92 Å². The van der Waals surface area contributed by atoms with Crippen LogP contribution in [0.1, 0.15) is 21.7 Å². The van der Waals surface area contributed by atoms with Crippen LogP contribution in [0.2, 0.25) is 0 Å². The molecule has 1 unspecified atom stereocenters. The van der Waals surface area contributed by atoms with Crippen molar-refractivity contribution in [3.63, 3.8) is 0 Å². The van der Waals surface area contributed by atoms with Gasteiger partial charge in [-0.25, -0.2) is 0 Å². The summed E-state index contributed by atoms with van der Waals surface area (Å²) in [6.45, 7) is 2.04. The maximum absolute atomic E-state index is 12.1. The zero-order valence-corrected chi connectivity index (χ0v) is 13.7. The highest BCUT2D eigenvalue weighted by Crippen LogP contribution is 2.18. The second-order valence-electron chi connectivity index (χ2n) is 5.83. The topological polar surface area (TPSA) is 49.4 Å². The molecular formula is C18H20N2O2S. The Bertz CT molecular complexity index is 655. The Morgan fingerprint density at radius 3 is 2.78 bits per heavy atom. The number of carbonyl (C=O) groups is 2. The van der Waals surface area contributed by atoms with E-state index in [1.54, 1.807) is 0 Å². The van der Waals surface area contributed by atoms with Gasteiger partial charge in [0.2, 0.25) is 5.91 Å². The lowest BCUT2D eigenvalue weighted by Crippen LogP contribution is -2.31. The Balaban J connectivity index is 1.45. The molecule has 1 aromatic heterocycles. The van der Waals surface area contributed by atoms with Crippen LogP contribution in [0.3, 0.4) is 0 Å². The minimum Gasteiger partial charge on any atom is -0.351 e. The third-order valence-corrected chi connectivity index (χ3v) is 4.97. The van der Waals surface area contributed by atoms with Crippen LogP contribution < -0.4 is 5.32 Å². The molecule has 1 atom stereocenters. The van der Waals surface area contributed by atoms with Crippen LogP contribution in [-0.4, -0.2) is 36.3 Å². The van der Waals surface area contributed by atoms with Crippen molar-refractivity contribution in [3.05, 3.63) is 58.3 Å². The van der Waals surface area contributed by atoms with E-state index in [4.69, 9.17) is 0 Å². The zero-order chi connectivity index (χ0) is 16.1. The summed E-state index contributed by atoms with van der Waals surface area (Å²) >= 11 is 1.43. The van der Waals surface area contributed by atoms with E-state index in [1.807, 2.05) is 40.6 Å². The third kappa shape index (κ3) is 4.20. The molecule has 1 aromatic carbocycles. The molecule has 2 heterocycles. The van der Waals surface area contributed by atoms with E-state index in [1.165, 1.54) is 16.9 Å². The van der Waals surface area contributed by atoms with E-state index in [2.05, 4.69) is 17.4 Å². The number of likely N-dealkylation sites (tertiary alicyclic amines) is 1. The van der Waals surface area contributed by atoms with Gasteiger partial charge in [0.25, 0.3) is 5.91 Å². The Morgan fingerprint density at radius 1 is 1.22 bits per heavy atom. The molecule has 3 rings (SSSR count). The van der Waals surface area contributed by atoms with Crippen molar-refractivity contribution in [3.8, 4) is 0 Å². The Labute approximate surface area is 140 Å². The van der Waals surface area contributed by atoms with E-state index in [-0.39, 0.29) is 17.7 Å². The summed E-state index contributed by atoms with van der Waals surface area (Å²) in [4.78, 5) is 26.7. The standard InChI is InChI=1S/C18H20N2O2S/c21-17-11-15(12-19-18(22)16-7-4-10-23-16)13-20(17)9-8-14-5-2-1-3-6-14/h1-7,10,15H,8-9,11-13H2,(H,19,22). The molecule has 2 amide bonds. The monoisotopic (exact) mass is 328 g/mol. The maximum Gasteiger partial charge on any atom is 0.261 e. The molecule has 120 valence electrons. The van der Waals surface area contributed by atoms with Crippen molar-refractivity contribution < 1.29 is 9.59 Å². The summed E-state index contributed by atoms with van der Waals surface area (Å²) in [5.41, 5.74) is 1.25. The normalized spacial score (nSPS) is 17.5. The van der Waals surface area contributed by atoms with E-state index < -0.39 is 0 Å². The SMILES string of the molecule is O=C(NCC1CC(=O)N(CCc2ccccc2)C1)c1cccs1. The van der Waals surface area contributed by atoms with Crippen LogP contribution in [0.4, 0.5) is 0 Å². The van der Waals surface area contributed by atoms with Crippen molar-refractivity contribution in [1.82, 2.24) is 10.2 Å². The molecular weight excluding hydrogens is 308 g/mol. The van der Waals surface area contributed by atoms with Crippen molar-refractivity contribution in [1.29, 1.82) is 0 Å². The third-order valence-electron chi connectivity index (χ3n) is 4.10. The van der Waals surface area contributed by atoms with Crippen LogP contribution >= 0.6 is 11.3 Å². The first-order valence-electron chi connectivity index (χ1n) is 7.86. The van der Waals surface area contributed by atoms with Gasteiger partial charge in [-0.3, -0.25) is 9.59 Å². The molecule has 1 aliphatic rings. The van der Waals surface area contributed by atoms with Gasteiger partial charge in [0.15, 0.2) is 0 Å². The summed E-state index contributed by atoms with van der Waals surface area (Å²) in [5, 5.41) is 4.82. The van der Waals surface area contributed by atoms with Gasteiger partial charge in [-0.15, -0.1) is 11.3 Å². The first-order chi connectivity index (χ1) is 11.2. The fraction of sp³-hybridized carbons (Fsp3) is 0.333. The fourth-order valence-electron chi connectivity index (χ4n) is 2.85. The van der Waals surface area contributed by atoms with E-state index in [0.717, 1.165) is 24.4 Å². The average molecular weight is 328 g/mol. The van der Waals surface area contributed by atoms with Gasteiger partial charge in [0.1, 0.15) is 0 Å². The smallest absolute Gasteiger partial charge is 0.261 e. The molecule has 0 radical (unpaired) electrons. The van der Waals surface area contributed by atoms with Gasteiger partial charge in [0.05, 0.1) is 4.88 Å². The summed E-state index contributed by atoms with van der Waals surface area (Å²) in [6, 6.07) is 13.9. The van der Waals surface area contributed by atoms with Crippen LogP contribution in [0, 0.1) is 5.92 Å². The largest absolute Gasteiger partial charge is 0.351 e. The predicted molar refractivity (Wildman–Crippen MR) is 91.5 cm³/mol. The predicted octanol–water partition coefficient (Wildman–Crippen LogP) is 2.57. The summed E-state index contributed by atoms with van der Waals surface area (Å²) in [7, 11) is 0. The molecule has 0 aliphatic carbocycles. The Morgan fingerprint density at radius 2 is 2.04 bits per heavy atom. The molecule has 0 spiro atoms. The molecule has 0 bridgehead atoms. The molecule has 4 nitrogen and oxygen atoms in total. The number of carbonyl (C=O) groups excluding carboxylic acids is 2. The lowest BCUT2D eigenvalue weighted by Gasteiger charge is -2.16. The second kappa shape index (κ2) is 7.42. The number of hydrogen-bond donors (Lipinski definition) is 1. The lowest BCUT2D eigenvalue weighted by atomic mass is 10.1. The first-order valence-corrected chi connectivity index (χ1v) is 8.74. The van der Waals surface area contributed by atoms with Crippen molar-refractivity contribution in [2.45, 2.75) is 12.8 Å². The van der Waals surface area contributed by atoms with Crippen LogP contribution in [0.5, 0.6) is 0 Å². The summed E-state index contributed by atoms with van der Waals surface area (Å²) < 4.78 is 0. The molecule has 2 aromatic rings. The van der Waals surface area contributed by atoms with Gasteiger partial charge < -0.3 is 10.2 Å². The maximum atomic E-state index is 12.1. The van der Waals surface area contributed by atoms with E-state index in [9.17, 15) is 9.59 Å². The minimum absolute atomic E-state index is 0.0461. The summed E-state index contributed by atoms with van der Waals surface area (Å²) in [5.74, 6) is 0.355. The number of amides is 2. The highest BCUT2D eigenvalue weighted by molar-refractivity contribution is 7.12. The van der Waals surface area contributed by atoms with Gasteiger partial charge in [-0.2, -0.15) is 0 Å². The number of thiophene rings is 1. The molecule has 1 saturated heterocycles. The minimum atomic E-state index is -0.0461. The number of hydrogen-bond acceptors (Lipinski definition) is 3. The molecule has 1 N–H and O–H groups in total. The van der Waals surface area contributed by atoms with Gasteiger partial charge in [-0.1, -0.05) is 36.4 Å².